The van der Waals surface area contributed by atoms with E-state index in [1.807, 2.05) is 24.4 Å². The highest BCUT2D eigenvalue weighted by Gasteiger charge is 2.29. The molecule has 1 N–H and O–H groups in total. The third-order valence-corrected chi connectivity index (χ3v) is 4.83. The highest BCUT2D eigenvalue weighted by molar-refractivity contribution is 5.96. The van der Waals surface area contributed by atoms with Crippen molar-refractivity contribution in [3.63, 3.8) is 0 Å². The van der Waals surface area contributed by atoms with Gasteiger partial charge in [0.2, 0.25) is 5.91 Å². The van der Waals surface area contributed by atoms with Crippen LogP contribution < -0.4 is 10.1 Å². The number of ether oxygens (including phenoxy) is 1. The number of aromatic nitrogens is 1. The van der Waals surface area contributed by atoms with Crippen molar-refractivity contribution < 1.29 is 9.53 Å². The number of nitrogens with one attached hydrogen (secondary N) is 1. The molecule has 4 nitrogen and oxygen atoms in total. The van der Waals surface area contributed by atoms with Crippen molar-refractivity contribution in [3.05, 3.63) is 53.2 Å². The van der Waals surface area contributed by atoms with Crippen LogP contribution in [0.15, 0.2) is 36.5 Å². The van der Waals surface area contributed by atoms with Crippen molar-refractivity contribution in [1.82, 2.24) is 4.98 Å². The van der Waals surface area contributed by atoms with E-state index in [1.165, 1.54) is 24.0 Å². The predicted octanol–water partition coefficient (Wildman–Crippen LogP) is 3.64. The van der Waals surface area contributed by atoms with Gasteiger partial charge in [0.15, 0.2) is 0 Å². The molecule has 4 heteroatoms. The van der Waals surface area contributed by atoms with E-state index in [0.29, 0.717) is 11.7 Å². The number of amides is 1. The van der Waals surface area contributed by atoms with E-state index in [2.05, 4.69) is 22.4 Å². The first-order valence-electron chi connectivity index (χ1n) is 8.18. The van der Waals surface area contributed by atoms with Crippen molar-refractivity contribution in [2.45, 2.75) is 37.5 Å². The molecule has 1 atom stereocenters. The topological polar surface area (TPSA) is 51.2 Å². The lowest BCUT2D eigenvalue weighted by atomic mass is 10.00. The average Bonchev–Trinajstić information content (AvgIpc) is 3.34. The van der Waals surface area contributed by atoms with E-state index in [-0.39, 0.29) is 11.8 Å². The van der Waals surface area contributed by atoms with Crippen LogP contribution in [0.2, 0.25) is 0 Å². The molecular weight excluding hydrogens is 288 g/mol. The minimum Gasteiger partial charge on any atom is -0.497 e. The number of carbonyl (C=O) groups is 1. The first-order valence-corrected chi connectivity index (χ1v) is 8.18. The summed E-state index contributed by atoms with van der Waals surface area (Å²) in [5.74, 6) is 2.02. The molecule has 2 aromatic rings. The minimum absolute atomic E-state index is 0.0173. The molecule has 1 saturated carbocycles. The molecule has 2 aliphatic rings. The maximum absolute atomic E-state index is 12.6. The van der Waals surface area contributed by atoms with Gasteiger partial charge in [-0.25, -0.2) is 4.98 Å². The van der Waals surface area contributed by atoms with Crippen LogP contribution in [-0.2, 0) is 11.2 Å². The Morgan fingerprint density at radius 1 is 1.22 bits per heavy atom. The monoisotopic (exact) mass is 308 g/mol. The van der Waals surface area contributed by atoms with Gasteiger partial charge in [0.25, 0.3) is 0 Å². The normalized spacial score (nSPS) is 19.3. The second-order valence-corrected chi connectivity index (χ2v) is 6.40. The number of anilines is 1. The van der Waals surface area contributed by atoms with Crippen molar-refractivity contribution >= 4 is 11.7 Å². The molecule has 23 heavy (non-hydrogen) atoms. The summed E-state index contributed by atoms with van der Waals surface area (Å²) in [4.78, 5) is 17.0. The summed E-state index contributed by atoms with van der Waals surface area (Å²) in [5.41, 5.74) is 3.60. The van der Waals surface area contributed by atoms with Gasteiger partial charge in [-0.15, -0.1) is 0 Å². The Hall–Kier alpha value is -2.36. The van der Waals surface area contributed by atoms with Gasteiger partial charge >= 0.3 is 0 Å². The molecule has 0 bridgehead atoms. The van der Waals surface area contributed by atoms with Crippen LogP contribution >= 0.6 is 0 Å². The lowest BCUT2D eigenvalue weighted by Gasteiger charge is -2.13. The highest BCUT2D eigenvalue weighted by Crippen LogP contribution is 2.40. The second-order valence-electron chi connectivity index (χ2n) is 6.40. The molecule has 0 spiro atoms. The van der Waals surface area contributed by atoms with E-state index < -0.39 is 0 Å². The summed E-state index contributed by atoms with van der Waals surface area (Å²) in [6, 6.07) is 9.98. The zero-order valence-corrected chi connectivity index (χ0v) is 13.2. The zero-order valence-electron chi connectivity index (χ0n) is 13.2. The number of nitrogens with zero attached hydrogens (tertiary/aromatic N) is 1. The van der Waals surface area contributed by atoms with Gasteiger partial charge < -0.3 is 10.1 Å². The average molecular weight is 308 g/mol. The molecule has 1 aromatic carbocycles. The zero-order chi connectivity index (χ0) is 15.8. The van der Waals surface area contributed by atoms with Crippen molar-refractivity contribution in [2.75, 3.05) is 12.4 Å². The van der Waals surface area contributed by atoms with Gasteiger partial charge in [-0.3, -0.25) is 4.79 Å². The first kappa shape index (κ1) is 14.2. The van der Waals surface area contributed by atoms with Crippen molar-refractivity contribution in [3.8, 4) is 5.75 Å². The largest absolute Gasteiger partial charge is 0.497 e. The van der Waals surface area contributed by atoms with Crippen LogP contribution in [0.4, 0.5) is 5.82 Å². The Balaban J connectivity index is 1.49. The number of methoxy groups -OCH3 is 1. The number of rotatable bonds is 4. The first-order chi connectivity index (χ1) is 11.2. The lowest BCUT2D eigenvalue weighted by Crippen LogP contribution is -2.20. The van der Waals surface area contributed by atoms with Crippen molar-refractivity contribution in [2.24, 2.45) is 0 Å². The molecule has 1 aromatic heterocycles. The standard InChI is InChI=1S/C19H20N2O2/c1-23-15-7-4-13-5-8-16(17(13)10-15)19(22)21-18-9-6-14(11-20-18)12-2-3-12/h4,6-7,9-12,16H,2-3,5,8H2,1H3,(H,20,21,22). The quantitative estimate of drug-likeness (QED) is 0.938. The fourth-order valence-corrected chi connectivity index (χ4v) is 3.33. The molecule has 0 aliphatic heterocycles. The van der Waals surface area contributed by atoms with Gasteiger partial charge in [0.05, 0.1) is 13.0 Å². The summed E-state index contributed by atoms with van der Waals surface area (Å²) in [7, 11) is 1.65. The van der Waals surface area contributed by atoms with Crippen LogP contribution in [0.5, 0.6) is 5.75 Å². The SMILES string of the molecule is COc1ccc2c(c1)C(C(=O)Nc1ccc(C3CC3)cn1)CC2. The molecule has 2 aliphatic carbocycles. The van der Waals surface area contributed by atoms with Crippen LogP contribution in [0.3, 0.4) is 0 Å². The fourth-order valence-electron chi connectivity index (χ4n) is 3.33. The Bertz CT molecular complexity index is 736. The van der Waals surface area contributed by atoms with E-state index in [0.717, 1.165) is 24.2 Å². The van der Waals surface area contributed by atoms with E-state index in [4.69, 9.17) is 4.74 Å². The summed E-state index contributed by atoms with van der Waals surface area (Å²) in [5, 5.41) is 2.96. The Morgan fingerprint density at radius 2 is 2.09 bits per heavy atom. The van der Waals surface area contributed by atoms with Crippen LogP contribution in [0.1, 0.15) is 47.8 Å². The van der Waals surface area contributed by atoms with Gasteiger partial charge in [-0.1, -0.05) is 12.1 Å². The van der Waals surface area contributed by atoms with Gasteiger partial charge in [-0.05, 0) is 66.5 Å². The van der Waals surface area contributed by atoms with E-state index >= 15 is 0 Å². The molecule has 118 valence electrons. The molecule has 1 unspecified atom stereocenters. The Kier molecular flexibility index (Phi) is 3.52. The summed E-state index contributed by atoms with van der Waals surface area (Å²) in [6.45, 7) is 0. The third kappa shape index (κ3) is 2.81. The van der Waals surface area contributed by atoms with Gasteiger partial charge in [0, 0.05) is 6.20 Å². The maximum atomic E-state index is 12.6. The lowest BCUT2D eigenvalue weighted by molar-refractivity contribution is -0.117. The van der Waals surface area contributed by atoms with Crippen molar-refractivity contribution in [1.29, 1.82) is 0 Å². The smallest absolute Gasteiger partial charge is 0.233 e. The third-order valence-electron chi connectivity index (χ3n) is 4.83. The summed E-state index contributed by atoms with van der Waals surface area (Å²) < 4.78 is 5.28. The molecule has 0 saturated heterocycles. The number of hydrogen-bond acceptors (Lipinski definition) is 3. The Morgan fingerprint density at radius 3 is 2.78 bits per heavy atom. The van der Waals surface area contributed by atoms with Crippen LogP contribution in [0, 0.1) is 0 Å². The van der Waals surface area contributed by atoms with E-state index in [1.54, 1.807) is 7.11 Å². The van der Waals surface area contributed by atoms with E-state index in [9.17, 15) is 4.79 Å². The molecular formula is C19H20N2O2. The van der Waals surface area contributed by atoms with Gasteiger partial charge in [0.1, 0.15) is 11.6 Å². The summed E-state index contributed by atoms with van der Waals surface area (Å²) >= 11 is 0. The second kappa shape index (κ2) is 5.69. The predicted molar refractivity (Wildman–Crippen MR) is 88.9 cm³/mol. The number of fused-ring (bicyclic) bond motifs is 1. The fraction of sp³-hybridized carbons (Fsp3) is 0.368. The Labute approximate surface area is 135 Å². The summed E-state index contributed by atoms with van der Waals surface area (Å²) in [6.07, 6.45) is 6.18. The molecule has 0 radical (unpaired) electrons. The van der Waals surface area contributed by atoms with Crippen LogP contribution in [-0.4, -0.2) is 18.0 Å². The number of carbonyl (C=O) groups excluding carboxylic acids is 1. The maximum Gasteiger partial charge on any atom is 0.233 e. The molecule has 1 amide bonds. The number of hydrogen-bond donors (Lipinski definition) is 1. The number of aryl methyl sites for hydroxylation is 1. The van der Waals surface area contributed by atoms with Gasteiger partial charge in [-0.2, -0.15) is 0 Å². The highest BCUT2D eigenvalue weighted by atomic mass is 16.5. The number of pyridine rings is 1. The molecule has 1 fully saturated rings. The number of benzene rings is 1. The van der Waals surface area contributed by atoms with Crippen LogP contribution in [0.25, 0.3) is 0 Å². The molecule has 1 heterocycles. The molecule has 4 rings (SSSR count). The minimum atomic E-state index is -0.120.